The number of hydrogen-bond donors (Lipinski definition) is 3. The third kappa shape index (κ3) is 3.50. The molecule has 3 N–H and O–H groups in total. The summed E-state index contributed by atoms with van der Waals surface area (Å²) < 4.78 is 0.478. The molecule has 0 spiro atoms. The number of aromatic carboxylic acids is 1. The molecule has 0 radical (unpaired) electrons. The predicted molar refractivity (Wildman–Crippen MR) is 71.6 cm³/mol. The summed E-state index contributed by atoms with van der Waals surface area (Å²) >= 11 is 3.18. The standard InChI is InChI=1S/C12H11BrN2O3/c1-3-7(2)14-12(18)15-10-8(11(16)17)5-4-6-9(10)13/h1,4-7H,2H3,(H,16,17)(H2,14,15,18). The Morgan fingerprint density at radius 1 is 1.50 bits per heavy atom. The van der Waals surface area contributed by atoms with E-state index in [4.69, 9.17) is 11.5 Å². The van der Waals surface area contributed by atoms with Gasteiger partial charge in [-0.05, 0) is 35.0 Å². The molecule has 1 aromatic rings. The van der Waals surface area contributed by atoms with Gasteiger partial charge >= 0.3 is 12.0 Å². The lowest BCUT2D eigenvalue weighted by atomic mass is 10.2. The lowest BCUT2D eigenvalue weighted by Crippen LogP contribution is -2.35. The second-order valence-electron chi connectivity index (χ2n) is 3.45. The van der Waals surface area contributed by atoms with Gasteiger partial charge in [0, 0.05) is 4.47 Å². The molecule has 0 saturated carbocycles. The topological polar surface area (TPSA) is 78.4 Å². The van der Waals surface area contributed by atoms with Gasteiger partial charge in [-0.15, -0.1) is 6.42 Å². The summed E-state index contributed by atoms with van der Waals surface area (Å²) in [5, 5.41) is 13.9. The van der Waals surface area contributed by atoms with E-state index in [0.29, 0.717) is 4.47 Å². The summed E-state index contributed by atoms with van der Waals surface area (Å²) in [5.41, 5.74) is 0.180. The average Bonchev–Trinajstić information content (AvgIpc) is 2.31. The van der Waals surface area contributed by atoms with Crippen molar-refractivity contribution in [3.05, 3.63) is 28.2 Å². The Labute approximate surface area is 113 Å². The number of rotatable bonds is 3. The number of carbonyl (C=O) groups excluding carboxylic acids is 1. The van der Waals surface area contributed by atoms with Crippen molar-refractivity contribution in [3.8, 4) is 12.3 Å². The van der Waals surface area contributed by atoms with Crippen LogP contribution in [0.1, 0.15) is 17.3 Å². The van der Waals surface area contributed by atoms with E-state index in [1.165, 1.54) is 6.07 Å². The van der Waals surface area contributed by atoms with E-state index in [0.717, 1.165) is 0 Å². The summed E-state index contributed by atoms with van der Waals surface area (Å²) in [7, 11) is 0. The molecule has 1 unspecified atom stereocenters. The Kier molecular flexibility index (Phi) is 4.75. The predicted octanol–water partition coefficient (Wildman–Crippen LogP) is 2.29. The molecule has 0 saturated heterocycles. The monoisotopic (exact) mass is 310 g/mol. The molecule has 2 amide bonds. The second-order valence-corrected chi connectivity index (χ2v) is 4.31. The largest absolute Gasteiger partial charge is 0.478 e. The third-order valence-electron chi connectivity index (χ3n) is 2.08. The number of para-hydroxylation sites is 1. The van der Waals surface area contributed by atoms with Crippen molar-refractivity contribution < 1.29 is 14.7 Å². The highest BCUT2D eigenvalue weighted by Crippen LogP contribution is 2.26. The Morgan fingerprint density at radius 3 is 2.72 bits per heavy atom. The van der Waals surface area contributed by atoms with Crippen LogP contribution in [0.25, 0.3) is 0 Å². The SMILES string of the molecule is C#CC(C)NC(=O)Nc1c(Br)cccc1C(=O)O. The lowest BCUT2D eigenvalue weighted by Gasteiger charge is -2.12. The number of hydrogen-bond acceptors (Lipinski definition) is 2. The van der Waals surface area contributed by atoms with Gasteiger partial charge in [-0.1, -0.05) is 12.0 Å². The molecule has 0 aliphatic rings. The molecule has 6 heteroatoms. The first kappa shape index (κ1) is 14.1. The van der Waals surface area contributed by atoms with Crippen LogP contribution < -0.4 is 10.6 Å². The number of benzene rings is 1. The van der Waals surface area contributed by atoms with E-state index in [1.807, 2.05) is 0 Å². The van der Waals surface area contributed by atoms with Gasteiger partial charge in [0.1, 0.15) is 0 Å². The molecular formula is C12H11BrN2O3. The van der Waals surface area contributed by atoms with E-state index in [9.17, 15) is 9.59 Å². The first-order valence-electron chi connectivity index (χ1n) is 5.01. The molecule has 5 nitrogen and oxygen atoms in total. The first-order valence-corrected chi connectivity index (χ1v) is 5.80. The van der Waals surface area contributed by atoms with Crippen molar-refractivity contribution in [2.24, 2.45) is 0 Å². The summed E-state index contributed by atoms with van der Waals surface area (Å²) in [6.45, 7) is 1.64. The van der Waals surface area contributed by atoms with Gasteiger partial charge in [0.2, 0.25) is 0 Å². The van der Waals surface area contributed by atoms with Gasteiger partial charge in [-0.3, -0.25) is 0 Å². The molecule has 1 aromatic carbocycles. The van der Waals surface area contributed by atoms with Gasteiger partial charge in [-0.25, -0.2) is 9.59 Å². The third-order valence-corrected chi connectivity index (χ3v) is 2.74. The number of carboxylic acid groups (broad SMARTS) is 1. The van der Waals surface area contributed by atoms with E-state index in [-0.39, 0.29) is 11.3 Å². The van der Waals surface area contributed by atoms with Crippen LogP contribution in [0.4, 0.5) is 10.5 Å². The minimum atomic E-state index is -1.13. The van der Waals surface area contributed by atoms with Gasteiger partial charge < -0.3 is 15.7 Å². The fraction of sp³-hybridized carbons (Fsp3) is 0.167. The van der Waals surface area contributed by atoms with Crippen LogP contribution in [0.5, 0.6) is 0 Å². The zero-order valence-corrected chi connectivity index (χ0v) is 11.1. The van der Waals surface area contributed by atoms with Crippen LogP contribution in [-0.4, -0.2) is 23.1 Å². The summed E-state index contributed by atoms with van der Waals surface area (Å²) in [4.78, 5) is 22.6. The number of anilines is 1. The molecule has 0 aromatic heterocycles. The van der Waals surface area contributed by atoms with Crippen molar-refractivity contribution >= 4 is 33.6 Å². The van der Waals surface area contributed by atoms with Crippen LogP contribution >= 0.6 is 15.9 Å². The Hall–Kier alpha value is -2.00. The number of amides is 2. The first-order chi connectivity index (χ1) is 8.45. The van der Waals surface area contributed by atoms with Crippen LogP contribution in [0.15, 0.2) is 22.7 Å². The average molecular weight is 311 g/mol. The molecular weight excluding hydrogens is 300 g/mol. The molecule has 0 bridgehead atoms. The summed E-state index contributed by atoms with van der Waals surface area (Å²) in [6, 6.07) is 3.59. The number of halogens is 1. The molecule has 0 heterocycles. The molecule has 0 aliphatic carbocycles. The zero-order chi connectivity index (χ0) is 13.7. The van der Waals surface area contributed by atoms with Crippen molar-refractivity contribution in [3.63, 3.8) is 0 Å². The van der Waals surface area contributed by atoms with E-state index in [1.54, 1.807) is 19.1 Å². The molecule has 1 rings (SSSR count). The van der Waals surface area contributed by atoms with Crippen LogP contribution in [0, 0.1) is 12.3 Å². The van der Waals surface area contributed by atoms with Crippen molar-refractivity contribution in [2.75, 3.05) is 5.32 Å². The van der Waals surface area contributed by atoms with E-state index in [2.05, 4.69) is 32.5 Å². The van der Waals surface area contributed by atoms with Gasteiger partial charge in [-0.2, -0.15) is 0 Å². The van der Waals surface area contributed by atoms with Crippen molar-refractivity contribution in [1.82, 2.24) is 5.32 Å². The number of carbonyl (C=O) groups is 2. The normalized spacial score (nSPS) is 11.2. The Balaban J connectivity index is 2.94. The second kappa shape index (κ2) is 6.07. The van der Waals surface area contributed by atoms with Crippen LogP contribution in [0.3, 0.4) is 0 Å². The van der Waals surface area contributed by atoms with Gasteiger partial charge in [0.15, 0.2) is 0 Å². The fourth-order valence-corrected chi connectivity index (χ4v) is 1.68. The smallest absolute Gasteiger partial charge is 0.337 e. The lowest BCUT2D eigenvalue weighted by molar-refractivity contribution is 0.0698. The maximum Gasteiger partial charge on any atom is 0.337 e. The summed E-state index contributed by atoms with van der Waals surface area (Å²) in [5.74, 6) is 1.21. The zero-order valence-electron chi connectivity index (χ0n) is 9.53. The number of nitrogens with one attached hydrogen (secondary N) is 2. The van der Waals surface area contributed by atoms with Crippen LogP contribution in [0.2, 0.25) is 0 Å². The van der Waals surface area contributed by atoms with Crippen molar-refractivity contribution in [2.45, 2.75) is 13.0 Å². The minimum Gasteiger partial charge on any atom is -0.478 e. The van der Waals surface area contributed by atoms with Gasteiger partial charge in [0.25, 0.3) is 0 Å². The maximum absolute atomic E-state index is 11.6. The Morgan fingerprint density at radius 2 is 2.17 bits per heavy atom. The molecule has 0 fully saturated rings. The Bertz CT molecular complexity index is 523. The summed E-state index contributed by atoms with van der Waals surface area (Å²) in [6.07, 6.45) is 5.13. The fourth-order valence-electron chi connectivity index (χ4n) is 1.22. The van der Waals surface area contributed by atoms with Crippen LogP contribution in [-0.2, 0) is 0 Å². The molecule has 0 aliphatic heterocycles. The van der Waals surface area contributed by atoms with Gasteiger partial charge in [0.05, 0.1) is 17.3 Å². The highest BCUT2D eigenvalue weighted by atomic mass is 79.9. The number of terminal acetylenes is 1. The van der Waals surface area contributed by atoms with E-state index < -0.39 is 18.0 Å². The number of carboxylic acids is 1. The highest BCUT2D eigenvalue weighted by Gasteiger charge is 2.15. The number of urea groups is 1. The quantitative estimate of drug-likeness (QED) is 0.749. The van der Waals surface area contributed by atoms with E-state index >= 15 is 0 Å². The maximum atomic E-state index is 11.6. The van der Waals surface area contributed by atoms with Crippen molar-refractivity contribution in [1.29, 1.82) is 0 Å². The highest BCUT2D eigenvalue weighted by molar-refractivity contribution is 9.10. The molecule has 94 valence electrons. The minimum absolute atomic E-state index is 0.00659. The molecule has 18 heavy (non-hydrogen) atoms. The molecule has 1 atom stereocenters.